The van der Waals surface area contributed by atoms with Gasteiger partial charge >= 0.3 is 11.9 Å². The molecule has 0 radical (unpaired) electrons. The number of Topliss-reactive ketones (excluding diaryl/α,β-unsaturated/α-hetero) is 1. The molecule has 0 aliphatic heterocycles. The van der Waals surface area contributed by atoms with Crippen LogP contribution in [-0.4, -0.2) is 17.7 Å². The van der Waals surface area contributed by atoms with Crippen molar-refractivity contribution in [3.05, 3.63) is 60.8 Å². The zero-order chi connectivity index (χ0) is 32.5. The first-order valence-electron chi connectivity index (χ1n) is 18.0. The summed E-state index contributed by atoms with van der Waals surface area (Å²) in [5.74, 6) is -2.40. The van der Waals surface area contributed by atoms with Crippen LogP contribution in [0.15, 0.2) is 60.8 Å². The number of carbonyl (C=O) groups is 3. The van der Waals surface area contributed by atoms with Gasteiger partial charge in [0.1, 0.15) is 11.7 Å². The molecule has 1 atom stereocenters. The van der Waals surface area contributed by atoms with E-state index in [1.807, 2.05) is 0 Å². The maximum atomic E-state index is 13.0. The number of hydrogen-bond acceptors (Lipinski definition) is 4. The number of allylic oxidation sites excluding steroid dienone is 8. The first kappa shape index (κ1) is 41.5. The number of carbonyl (C=O) groups excluding carboxylic acids is 3. The maximum absolute atomic E-state index is 13.0. The molecule has 0 spiro atoms. The molecule has 1 unspecified atom stereocenters. The van der Waals surface area contributed by atoms with E-state index < -0.39 is 17.9 Å². The SMILES string of the molecule is C=C(C)C(=O)OC(=O)C(CCCCCC/C=C\C/C=C\CCCCC)C(=O)CCCCCCC/C=C\C/C=C\CCCCC. The van der Waals surface area contributed by atoms with Crippen LogP contribution in [-0.2, 0) is 19.1 Å². The molecule has 0 aliphatic carbocycles. The van der Waals surface area contributed by atoms with E-state index in [-0.39, 0.29) is 11.4 Å². The van der Waals surface area contributed by atoms with E-state index in [4.69, 9.17) is 4.74 Å². The Hall–Kier alpha value is -2.49. The van der Waals surface area contributed by atoms with Crippen LogP contribution in [0.3, 0.4) is 0 Å². The Balaban J connectivity index is 4.24. The van der Waals surface area contributed by atoms with Gasteiger partial charge in [-0.2, -0.15) is 0 Å². The van der Waals surface area contributed by atoms with Crippen LogP contribution in [0.1, 0.15) is 168 Å². The van der Waals surface area contributed by atoms with Gasteiger partial charge in [0, 0.05) is 12.0 Å². The molecule has 0 bridgehead atoms. The van der Waals surface area contributed by atoms with Gasteiger partial charge in [-0.3, -0.25) is 9.59 Å². The molecular formula is C40H66O4. The normalized spacial score (nSPS) is 12.6. The molecule has 0 aliphatic rings. The minimum atomic E-state index is -0.854. The van der Waals surface area contributed by atoms with Gasteiger partial charge in [-0.05, 0) is 84.0 Å². The van der Waals surface area contributed by atoms with E-state index in [1.165, 1.54) is 58.3 Å². The summed E-state index contributed by atoms with van der Waals surface area (Å²) in [7, 11) is 0. The van der Waals surface area contributed by atoms with Crippen LogP contribution >= 0.6 is 0 Å². The molecule has 0 amide bonds. The lowest BCUT2D eigenvalue weighted by atomic mass is 9.93. The highest BCUT2D eigenvalue weighted by Crippen LogP contribution is 2.19. The quantitative estimate of drug-likeness (QED) is 0.0267. The first-order valence-corrected chi connectivity index (χ1v) is 18.0. The second kappa shape index (κ2) is 31.9. The number of esters is 2. The zero-order valence-corrected chi connectivity index (χ0v) is 28.8. The van der Waals surface area contributed by atoms with Gasteiger partial charge in [0.05, 0.1) is 0 Å². The lowest BCUT2D eigenvalue weighted by Crippen LogP contribution is -2.28. The van der Waals surface area contributed by atoms with Crippen molar-refractivity contribution in [2.75, 3.05) is 0 Å². The zero-order valence-electron chi connectivity index (χ0n) is 28.8. The van der Waals surface area contributed by atoms with Crippen molar-refractivity contribution in [1.82, 2.24) is 0 Å². The van der Waals surface area contributed by atoms with E-state index in [1.54, 1.807) is 0 Å². The second-order valence-corrected chi connectivity index (χ2v) is 12.2. The van der Waals surface area contributed by atoms with Crippen molar-refractivity contribution < 1.29 is 19.1 Å². The van der Waals surface area contributed by atoms with Crippen LogP contribution in [0.25, 0.3) is 0 Å². The second-order valence-electron chi connectivity index (χ2n) is 12.2. The van der Waals surface area contributed by atoms with Crippen molar-refractivity contribution in [3.63, 3.8) is 0 Å². The fourth-order valence-electron chi connectivity index (χ4n) is 4.93. The van der Waals surface area contributed by atoms with E-state index in [0.29, 0.717) is 12.8 Å². The summed E-state index contributed by atoms with van der Waals surface area (Å²) >= 11 is 0. The summed E-state index contributed by atoms with van der Waals surface area (Å²) in [5, 5.41) is 0. The van der Waals surface area contributed by atoms with E-state index in [9.17, 15) is 14.4 Å². The lowest BCUT2D eigenvalue weighted by Gasteiger charge is -2.14. The monoisotopic (exact) mass is 610 g/mol. The third kappa shape index (κ3) is 27.1. The summed E-state index contributed by atoms with van der Waals surface area (Å²) in [6.45, 7) is 9.52. The largest absolute Gasteiger partial charge is 0.389 e. The van der Waals surface area contributed by atoms with Crippen LogP contribution in [0.5, 0.6) is 0 Å². The number of unbranched alkanes of at least 4 members (excludes halogenated alkanes) is 15. The average molecular weight is 611 g/mol. The first-order chi connectivity index (χ1) is 21.4. The van der Waals surface area contributed by atoms with Gasteiger partial charge in [0.25, 0.3) is 0 Å². The number of ketones is 1. The van der Waals surface area contributed by atoms with Crippen molar-refractivity contribution >= 4 is 17.7 Å². The fraction of sp³-hybridized carbons (Fsp3) is 0.675. The molecule has 4 heteroatoms. The third-order valence-electron chi connectivity index (χ3n) is 7.78. The van der Waals surface area contributed by atoms with Gasteiger partial charge in [-0.25, -0.2) is 4.79 Å². The van der Waals surface area contributed by atoms with Crippen LogP contribution < -0.4 is 0 Å². The highest BCUT2D eigenvalue weighted by atomic mass is 16.6. The molecule has 4 nitrogen and oxygen atoms in total. The standard InChI is InChI=1S/C40H66O4/c1-5-7-9-11-13-15-17-19-21-23-25-27-29-31-33-35-38(41)37(40(43)44-39(42)36(3)4)34-32-30-28-26-24-22-20-18-16-14-12-10-8-6-2/h13-16,19-22,37H,3,5-12,17-18,23-35H2,1-2,4H3/b15-13-,16-14-,21-19-,22-20-. The Morgan fingerprint density at radius 1 is 0.568 bits per heavy atom. The average Bonchev–Trinajstić information content (AvgIpc) is 3.00. The Labute approximate surface area is 271 Å². The molecule has 0 aromatic heterocycles. The number of ether oxygens (including phenoxy) is 1. The van der Waals surface area contributed by atoms with Crippen molar-refractivity contribution in [3.8, 4) is 0 Å². The van der Waals surface area contributed by atoms with Gasteiger partial charge in [-0.15, -0.1) is 0 Å². The summed E-state index contributed by atoms with van der Waals surface area (Å²) < 4.78 is 4.97. The highest BCUT2D eigenvalue weighted by Gasteiger charge is 2.29. The molecule has 0 aromatic carbocycles. The lowest BCUT2D eigenvalue weighted by molar-refractivity contribution is -0.161. The molecule has 0 fully saturated rings. The minimum Gasteiger partial charge on any atom is -0.389 e. The van der Waals surface area contributed by atoms with Crippen molar-refractivity contribution in [2.45, 2.75) is 168 Å². The Bertz CT molecular complexity index is 861. The van der Waals surface area contributed by atoms with Crippen LogP contribution in [0.4, 0.5) is 0 Å². The van der Waals surface area contributed by atoms with Crippen molar-refractivity contribution in [1.29, 1.82) is 0 Å². The van der Waals surface area contributed by atoms with E-state index in [0.717, 1.165) is 83.5 Å². The molecule has 0 N–H and O–H groups in total. The Morgan fingerprint density at radius 2 is 0.977 bits per heavy atom. The predicted molar refractivity (Wildman–Crippen MR) is 189 cm³/mol. The highest BCUT2D eigenvalue weighted by molar-refractivity contribution is 6.04. The smallest absolute Gasteiger partial charge is 0.340 e. The fourth-order valence-corrected chi connectivity index (χ4v) is 4.93. The number of rotatable bonds is 30. The molecule has 0 rings (SSSR count). The van der Waals surface area contributed by atoms with Gasteiger partial charge in [0.2, 0.25) is 0 Å². The summed E-state index contributed by atoms with van der Waals surface area (Å²) in [5.41, 5.74) is 0.165. The molecule has 0 heterocycles. The summed E-state index contributed by atoms with van der Waals surface area (Å²) in [4.78, 5) is 37.6. The maximum Gasteiger partial charge on any atom is 0.340 e. The molecule has 0 aromatic rings. The topological polar surface area (TPSA) is 60.4 Å². The van der Waals surface area contributed by atoms with Crippen LogP contribution in [0, 0.1) is 5.92 Å². The number of hydrogen-bond donors (Lipinski definition) is 0. The Kier molecular flexibility index (Phi) is 30.1. The molecule has 250 valence electrons. The summed E-state index contributed by atoms with van der Waals surface area (Å²) in [6, 6.07) is 0. The van der Waals surface area contributed by atoms with Gasteiger partial charge < -0.3 is 4.74 Å². The minimum absolute atomic E-state index is 0.0964. The van der Waals surface area contributed by atoms with Crippen molar-refractivity contribution in [2.24, 2.45) is 5.92 Å². The third-order valence-corrected chi connectivity index (χ3v) is 7.78. The van der Waals surface area contributed by atoms with Gasteiger partial charge in [-0.1, -0.05) is 133 Å². The molecular weight excluding hydrogens is 544 g/mol. The van der Waals surface area contributed by atoms with E-state index in [2.05, 4.69) is 69.0 Å². The van der Waals surface area contributed by atoms with Crippen LogP contribution in [0.2, 0.25) is 0 Å². The van der Waals surface area contributed by atoms with Gasteiger partial charge in [0.15, 0.2) is 0 Å². The molecule has 0 saturated carbocycles. The summed E-state index contributed by atoms with van der Waals surface area (Å²) in [6.07, 6.45) is 42.2. The molecule has 0 saturated heterocycles. The molecule has 44 heavy (non-hydrogen) atoms. The van der Waals surface area contributed by atoms with E-state index >= 15 is 0 Å². The predicted octanol–water partition coefficient (Wildman–Crippen LogP) is 12.1. The Morgan fingerprint density at radius 3 is 1.43 bits per heavy atom.